The highest BCUT2D eigenvalue weighted by atomic mass is 16.5. The predicted octanol–water partition coefficient (Wildman–Crippen LogP) is 2.52. The normalized spacial score (nSPS) is 18.2. The van der Waals surface area contributed by atoms with E-state index in [1.165, 1.54) is 0 Å². The van der Waals surface area contributed by atoms with E-state index in [2.05, 4.69) is 19.2 Å². The van der Waals surface area contributed by atoms with Crippen molar-refractivity contribution in [3.63, 3.8) is 0 Å². The summed E-state index contributed by atoms with van der Waals surface area (Å²) in [5.74, 6) is 1.37. The van der Waals surface area contributed by atoms with Gasteiger partial charge in [-0.1, -0.05) is 26.0 Å². The monoisotopic (exact) mass is 277 g/mol. The minimum Gasteiger partial charge on any atom is -0.493 e. The highest BCUT2D eigenvalue weighted by molar-refractivity contribution is 5.80. The van der Waals surface area contributed by atoms with Crippen LogP contribution in [0.1, 0.15) is 32.3 Å². The zero-order valence-corrected chi connectivity index (χ0v) is 12.2. The van der Waals surface area contributed by atoms with Crippen molar-refractivity contribution in [2.24, 2.45) is 5.92 Å². The van der Waals surface area contributed by atoms with Crippen molar-refractivity contribution >= 4 is 5.91 Å². The fourth-order valence-electron chi connectivity index (χ4n) is 2.05. The van der Waals surface area contributed by atoms with Crippen molar-refractivity contribution < 1.29 is 14.3 Å². The van der Waals surface area contributed by atoms with E-state index in [1.54, 1.807) is 0 Å². The van der Waals surface area contributed by atoms with Crippen molar-refractivity contribution in [3.8, 4) is 5.75 Å². The molecule has 1 N–H and O–H groups in total. The summed E-state index contributed by atoms with van der Waals surface area (Å²) in [7, 11) is 0. The highest BCUT2D eigenvalue weighted by Crippen LogP contribution is 2.14. The molecule has 4 nitrogen and oxygen atoms in total. The number of carbonyl (C=O) groups is 1. The van der Waals surface area contributed by atoms with E-state index in [9.17, 15) is 4.79 Å². The lowest BCUT2D eigenvalue weighted by molar-refractivity contribution is -0.130. The van der Waals surface area contributed by atoms with Gasteiger partial charge in [0.05, 0.1) is 6.61 Å². The maximum absolute atomic E-state index is 11.8. The Morgan fingerprint density at radius 2 is 2.15 bits per heavy atom. The van der Waals surface area contributed by atoms with Gasteiger partial charge < -0.3 is 14.8 Å². The lowest BCUT2D eigenvalue weighted by Crippen LogP contribution is -2.33. The van der Waals surface area contributed by atoms with Crippen molar-refractivity contribution in [1.29, 1.82) is 0 Å². The third-order valence-corrected chi connectivity index (χ3v) is 3.20. The molecule has 1 aliphatic rings. The smallest absolute Gasteiger partial charge is 0.249 e. The molecule has 1 unspecified atom stereocenters. The Morgan fingerprint density at radius 3 is 2.75 bits per heavy atom. The molecule has 1 aromatic carbocycles. The summed E-state index contributed by atoms with van der Waals surface area (Å²) in [5.41, 5.74) is 1.06. The molecule has 110 valence electrons. The maximum Gasteiger partial charge on any atom is 0.249 e. The first-order valence-corrected chi connectivity index (χ1v) is 7.26. The zero-order valence-electron chi connectivity index (χ0n) is 12.2. The van der Waals surface area contributed by atoms with Crippen molar-refractivity contribution in [1.82, 2.24) is 5.32 Å². The van der Waals surface area contributed by atoms with Crippen LogP contribution in [0.3, 0.4) is 0 Å². The molecule has 0 spiro atoms. The molecule has 0 bridgehead atoms. The molecule has 1 amide bonds. The number of rotatable bonds is 6. The summed E-state index contributed by atoms with van der Waals surface area (Å²) < 4.78 is 11.0. The van der Waals surface area contributed by atoms with Crippen LogP contribution in [0.5, 0.6) is 5.75 Å². The molecule has 0 saturated carbocycles. The number of hydrogen-bond donors (Lipinski definition) is 1. The van der Waals surface area contributed by atoms with Gasteiger partial charge in [-0.2, -0.15) is 0 Å². The van der Waals surface area contributed by atoms with Crippen molar-refractivity contribution in [3.05, 3.63) is 29.8 Å². The quantitative estimate of drug-likeness (QED) is 0.869. The highest BCUT2D eigenvalue weighted by Gasteiger charge is 2.22. The van der Waals surface area contributed by atoms with Crippen LogP contribution in [0.2, 0.25) is 0 Å². The molecule has 20 heavy (non-hydrogen) atoms. The summed E-state index contributed by atoms with van der Waals surface area (Å²) in [5, 5.41) is 2.91. The number of hydrogen-bond acceptors (Lipinski definition) is 3. The second-order valence-electron chi connectivity index (χ2n) is 5.57. The van der Waals surface area contributed by atoms with E-state index in [4.69, 9.17) is 9.47 Å². The van der Waals surface area contributed by atoms with E-state index < -0.39 is 0 Å². The van der Waals surface area contributed by atoms with Gasteiger partial charge in [0.2, 0.25) is 5.91 Å². The summed E-state index contributed by atoms with van der Waals surface area (Å²) in [6.07, 6.45) is 1.54. The molecule has 0 aliphatic carbocycles. The molecule has 2 rings (SSSR count). The van der Waals surface area contributed by atoms with Crippen LogP contribution in [0.15, 0.2) is 24.3 Å². The van der Waals surface area contributed by atoms with Gasteiger partial charge in [0.25, 0.3) is 0 Å². The van der Waals surface area contributed by atoms with Crippen LogP contribution in [0, 0.1) is 5.92 Å². The first-order chi connectivity index (χ1) is 9.65. The topological polar surface area (TPSA) is 47.6 Å². The Balaban J connectivity index is 1.77. The number of ether oxygens (including phenoxy) is 2. The number of amides is 1. The Hall–Kier alpha value is -1.55. The van der Waals surface area contributed by atoms with Gasteiger partial charge in [0.1, 0.15) is 11.9 Å². The van der Waals surface area contributed by atoms with Crippen LogP contribution in [0.25, 0.3) is 0 Å². The third-order valence-electron chi connectivity index (χ3n) is 3.20. The average molecular weight is 277 g/mol. The van der Waals surface area contributed by atoms with E-state index in [0.29, 0.717) is 19.1 Å². The van der Waals surface area contributed by atoms with Gasteiger partial charge in [-0.15, -0.1) is 0 Å². The largest absolute Gasteiger partial charge is 0.493 e. The van der Waals surface area contributed by atoms with Crippen LogP contribution >= 0.6 is 0 Å². The Morgan fingerprint density at radius 1 is 1.40 bits per heavy atom. The molecule has 4 heteroatoms. The van der Waals surface area contributed by atoms with Crippen molar-refractivity contribution in [2.75, 3.05) is 13.2 Å². The summed E-state index contributed by atoms with van der Waals surface area (Å²) in [6, 6.07) is 7.84. The van der Waals surface area contributed by atoms with Gasteiger partial charge in [-0.05, 0) is 36.5 Å². The molecule has 1 fully saturated rings. The standard InChI is InChI=1S/C16H23NO3/c1-12(2)11-20-14-7-5-13(6-8-14)10-17-16(18)15-4-3-9-19-15/h5-8,12,15H,3-4,9-11H2,1-2H3,(H,17,18). The van der Waals surface area contributed by atoms with E-state index in [-0.39, 0.29) is 12.0 Å². The van der Waals surface area contributed by atoms with Crippen LogP contribution in [-0.4, -0.2) is 25.2 Å². The maximum atomic E-state index is 11.8. The molecule has 1 atom stereocenters. The Labute approximate surface area is 120 Å². The second-order valence-corrected chi connectivity index (χ2v) is 5.57. The van der Waals surface area contributed by atoms with Crippen LogP contribution in [0.4, 0.5) is 0 Å². The lowest BCUT2D eigenvalue weighted by Gasteiger charge is -2.11. The van der Waals surface area contributed by atoms with Crippen molar-refractivity contribution in [2.45, 2.75) is 39.3 Å². The Bertz CT molecular complexity index is 422. The van der Waals surface area contributed by atoms with Gasteiger partial charge in [-0.25, -0.2) is 0 Å². The first-order valence-electron chi connectivity index (χ1n) is 7.26. The fourth-order valence-corrected chi connectivity index (χ4v) is 2.05. The molecule has 1 aliphatic heterocycles. The zero-order chi connectivity index (χ0) is 14.4. The summed E-state index contributed by atoms with van der Waals surface area (Å²) in [4.78, 5) is 11.8. The molecule has 0 aromatic heterocycles. The second kappa shape index (κ2) is 7.29. The van der Waals surface area contributed by atoms with E-state index in [1.807, 2.05) is 24.3 Å². The van der Waals surface area contributed by atoms with Gasteiger partial charge in [0.15, 0.2) is 0 Å². The number of carbonyl (C=O) groups excluding carboxylic acids is 1. The summed E-state index contributed by atoms with van der Waals surface area (Å²) in [6.45, 7) is 6.18. The van der Waals surface area contributed by atoms with Crippen LogP contribution in [-0.2, 0) is 16.1 Å². The van der Waals surface area contributed by atoms with Crippen LogP contribution < -0.4 is 10.1 Å². The summed E-state index contributed by atoms with van der Waals surface area (Å²) >= 11 is 0. The third kappa shape index (κ3) is 4.53. The minimum absolute atomic E-state index is 0.0114. The van der Waals surface area contributed by atoms with E-state index >= 15 is 0 Å². The average Bonchev–Trinajstić information content (AvgIpc) is 2.98. The first kappa shape index (κ1) is 14.9. The van der Waals surface area contributed by atoms with Gasteiger partial charge >= 0.3 is 0 Å². The molecule has 1 saturated heterocycles. The van der Waals surface area contributed by atoms with E-state index in [0.717, 1.165) is 30.8 Å². The molecule has 0 radical (unpaired) electrons. The molecule has 1 heterocycles. The molecular weight excluding hydrogens is 254 g/mol. The predicted molar refractivity (Wildman–Crippen MR) is 77.6 cm³/mol. The molecular formula is C16H23NO3. The fraction of sp³-hybridized carbons (Fsp3) is 0.562. The molecule has 1 aromatic rings. The number of benzene rings is 1. The van der Waals surface area contributed by atoms with Gasteiger partial charge in [-0.3, -0.25) is 4.79 Å². The SMILES string of the molecule is CC(C)COc1ccc(CNC(=O)C2CCCO2)cc1. The minimum atomic E-state index is -0.261. The Kier molecular flexibility index (Phi) is 5.41. The van der Waals surface area contributed by atoms with Gasteiger partial charge in [0, 0.05) is 13.2 Å². The number of nitrogens with one attached hydrogen (secondary N) is 1. The lowest BCUT2D eigenvalue weighted by atomic mass is 10.2.